The maximum Gasteiger partial charge on any atom is 0.140 e. The van der Waals surface area contributed by atoms with E-state index < -0.39 is 0 Å². The molecule has 0 saturated carbocycles. The lowest BCUT2D eigenvalue weighted by atomic mass is 9.85. The van der Waals surface area contributed by atoms with Gasteiger partial charge in [-0.2, -0.15) is 0 Å². The average Bonchev–Trinajstić information content (AvgIpc) is 2.15. The van der Waals surface area contributed by atoms with Crippen LogP contribution in [0.5, 0.6) is 0 Å². The molecule has 0 rings (SSSR count). The van der Waals surface area contributed by atoms with Crippen LogP contribution in [-0.2, 0) is 9.59 Å². The zero-order chi connectivity index (χ0) is 15.1. The van der Waals surface area contributed by atoms with Crippen molar-refractivity contribution in [1.82, 2.24) is 0 Å². The molecule has 0 saturated heterocycles. The first kappa shape index (κ1) is 19.7. The van der Waals surface area contributed by atoms with Gasteiger partial charge in [-0.3, -0.25) is 9.59 Å². The zero-order valence-corrected chi connectivity index (χ0v) is 13.8. The van der Waals surface area contributed by atoms with E-state index in [-0.39, 0.29) is 16.7 Å². The van der Waals surface area contributed by atoms with Gasteiger partial charge in [0.15, 0.2) is 0 Å². The van der Waals surface area contributed by atoms with Crippen LogP contribution in [0.1, 0.15) is 75.2 Å². The summed E-state index contributed by atoms with van der Waals surface area (Å²) in [5, 5.41) is 0. The first-order valence-electron chi connectivity index (χ1n) is 6.91. The Hall–Kier alpha value is -0.660. The fraction of sp³-hybridized carbons (Fsp3) is 0.875. The number of carbonyl (C=O) groups is 2. The van der Waals surface area contributed by atoms with Gasteiger partial charge in [0.25, 0.3) is 0 Å². The molecule has 0 aliphatic carbocycles. The Labute approximate surface area is 114 Å². The quantitative estimate of drug-likeness (QED) is 0.736. The van der Waals surface area contributed by atoms with Gasteiger partial charge in [-0.25, -0.2) is 0 Å². The fourth-order valence-electron chi connectivity index (χ4n) is 1.47. The first-order valence-corrected chi connectivity index (χ1v) is 6.91. The second-order valence-corrected chi connectivity index (χ2v) is 7.19. The van der Waals surface area contributed by atoms with Crippen molar-refractivity contribution in [2.24, 2.45) is 16.7 Å². The highest BCUT2D eigenvalue weighted by molar-refractivity contribution is 5.85. The van der Waals surface area contributed by atoms with Gasteiger partial charge < -0.3 is 0 Å². The van der Waals surface area contributed by atoms with Crippen molar-refractivity contribution >= 4 is 11.6 Å². The predicted octanol–water partition coefficient (Wildman–Crippen LogP) is 4.66. The Balaban J connectivity index is 0. The minimum absolute atomic E-state index is 0.129. The lowest BCUT2D eigenvalue weighted by Crippen LogP contribution is -2.24. The van der Waals surface area contributed by atoms with Gasteiger partial charge in [0.05, 0.1) is 0 Å². The smallest absolute Gasteiger partial charge is 0.140 e. The van der Waals surface area contributed by atoms with Crippen molar-refractivity contribution in [2.45, 2.75) is 75.2 Å². The van der Waals surface area contributed by atoms with Gasteiger partial charge in [0.1, 0.15) is 11.6 Å². The van der Waals surface area contributed by atoms with Gasteiger partial charge in [-0.15, -0.1) is 0 Å². The number of rotatable bonds is 3. The van der Waals surface area contributed by atoms with Crippen molar-refractivity contribution in [3.8, 4) is 0 Å². The molecule has 0 unspecified atom stereocenters. The number of Topliss-reactive ketones (excluding diaryl/α,β-unsaturated/α-hetero) is 2. The summed E-state index contributed by atoms with van der Waals surface area (Å²) in [7, 11) is 0. The third kappa shape index (κ3) is 9.38. The highest BCUT2D eigenvalue weighted by Gasteiger charge is 2.23. The SMILES string of the molecule is CC(C)C(=O)C(C)(C)C.CCCC(=O)C(C)(C)C. The molecule has 2 heteroatoms. The molecule has 0 heterocycles. The van der Waals surface area contributed by atoms with E-state index in [1.165, 1.54) is 0 Å². The fourth-order valence-corrected chi connectivity index (χ4v) is 1.47. The summed E-state index contributed by atoms with van der Waals surface area (Å²) < 4.78 is 0. The molecule has 0 radical (unpaired) electrons. The minimum Gasteiger partial charge on any atom is -0.299 e. The molecule has 0 aromatic heterocycles. The van der Waals surface area contributed by atoms with E-state index in [2.05, 4.69) is 0 Å². The van der Waals surface area contributed by atoms with Crippen molar-refractivity contribution in [3.05, 3.63) is 0 Å². The van der Waals surface area contributed by atoms with Crippen LogP contribution in [0.3, 0.4) is 0 Å². The third-order valence-electron chi connectivity index (χ3n) is 2.58. The molecule has 0 aromatic carbocycles. The average molecular weight is 256 g/mol. The van der Waals surface area contributed by atoms with Crippen molar-refractivity contribution in [2.75, 3.05) is 0 Å². The summed E-state index contributed by atoms with van der Waals surface area (Å²) in [6.07, 6.45) is 1.69. The number of carbonyl (C=O) groups excluding carboxylic acids is 2. The van der Waals surface area contributed by atoms with E-state index in [4.69, 9.17) is 0 Å². The van der Waals surface area contributed by atoms with Crippen LogP contribution in [0.4, 0.5) is 0 Å². The third-order valence-corrected chi connectivity index (χ3v) is 2.58. The topological polar surface area (TPSA) is 34.1 Å². The maximum absolute atomic E-state index is 11.2. The van der Waals surface area contributed by atoms with Crippen LogP contribution >= 0.6 is 0 Å². The second-order valence-electron chi connectivity index (χ2n) is 7.19. The Morgan fingerprint density at radius 3 is 1.33 bits per heavy atom. The molecule has 0 atom stereocenters. The van der Waals surface area contributed by atoms with Crippen LogP contribution in [0.25, 0.3) is 0 Å². The van der Waals surface area contributed by atoms with E-state index in [1.54, 1.807) is 0 Å². The van der Waals surface area contributed by atoms with Crippen LogP contribution in [0.2, 0.25) is 0 Å². The molecule has 0 N–H and O–H groups in total. The van der Waals surface area contributed by atoms with E-state index in [0.717, 1.165) is 12.8 Å². The van der Waals surface area contributed by atoms with E-state index in [0.29, 0.717) is 11.6 Å². The molecule has 108 valence electrons. The Morgan fingerprint density at radius 2 is 1.28 bits per heavy atom. The lowest BCUT2D eigenvalue weighted by Gasteiger charge is -2.18. The standard InChI is InChI=1S/2C8H16O/c1-6(2)7(9)8(3,4)5;1-5-6-7(9)8(2,3)4/h6H,1-5H3;5-6H2,1-4H3. The molecule has 0 aliphatic heterocycles. The van der Waals surface area contributed by atoms with Gasteiger partial charge in [0.2, 0.25) is 0 Å². The Morgan fingerprint density at radius 1 is 0.889 bits per heavy atom. The van der Waals surface area contributed by atoms with Gasteiger partial charge in [-0.1, -0.05) is 62.3 Å². The predicted molar refractivity (Wildman–Crippen MR) is 78.7 cm³/mol. The van der Waals surface area contributed by atoms with Crippen molar-refractivity contribution in [3.63, 3.8) is 0 Å². The molecule has 0 spiro atoms. The summed E-state index contributed by atoms with van der Waals surface area (Å²) in [4.78, 5) is 22.2. The van der Waals surface area contributed by atoms with Crippen LogP contribution in [0.15, 0.2) is 0 Å². The molecule has 0 bridgehead atoms. The summed E-state index contributed by atoms with van der Waals surface area (Å²) in [5.74, 6) is 0.873. The van der Waals surface area contributed by atoms with Crippen LogP contribution < -0.4 is 0 Å². The molecule has 18 heavy (non-hydrogen) atoms. The number of hydrogen-bond acceptors (Lipinski definition) is 2. The zero-order valence-electron chi connectivity index (χ0n) is 13.8. The Kier molecular flexibility index (Phi) is 8.42. The summed E-state index contributed by atoms with van der Waals surface area (Å²) in [6, 6.07) is 0. The Bertz CT molecular complexity index is 262. The largest absolute Gasteiger partial charge is 0.299 e. The number of ketones is 2. The first-order chi connectivity index (χ1) is 7.84. The van der Waals surface area contributed by atoms with Gasteiger partial charge >= 0.3 is 0 Å². The molecule has 0 aromatic rings. The summed E-state index contributed by atoms with van der Waals surface area (Å²) in [5.41, 5.74) is -0.288. The lowest BCUT2D eigenvalue weighted by molar-refractivity contribution is -0.129. The van der Waals surface area contributed by atoms with Crippen molar-refractivity contribution < 1.29 is 9.59 Å². The van der Waals surface area contributed by atoms with E-state index in [9.17, 15) is 9.59 Å². The summed E-state index contributed by atoms with van der Waals surface area (Å²) >= 11 is 0. The molecule has 0 fully saturated rings. The maximum atomic E-state index is 11.2. The molecular weight excluding hydrogens is 224 g/mol. The van der Waals surface area contributed by atoms with Crippen LogP contribution in [-0.4, -0.2) is 11.6 Å². The minimum atomic E-state index is -0.159. The monoisotopic (exact) mass is 256 g/mol. The van der Waals surface area contributed by atoms with Gasteiger partial charge in [0, 0.05) is 23.2 Å². The summed E-state index contributed by atoms with van der Waals surface area (Å²) in [6.45, 7) is 17.7. The van der Waals surface area contributed by atoms with E-state index >= 15 is 0 Å². The molecule has 2 nitrogen and oxygen atoms in total. The molecule has 0 amide bonds. The number of hydrogen-bond donors (Lipinski definition) is 0. The van der Waals surface area contributed by atoms with Crippen LogP contribution in [0, 0.1) is 16.7 Å². The highest BCUT2D eigenvalue weighted by atomic mass is 16.1. The normalized spacial score (nSPS) is 11.9. The second kappa shape index (κ2) is 7.70. The highest BCUT2D eigenvalue weighted by Crippen LogP contribution is 2.19. The molecule has 0 aliphatic rings. The van der Waals surface area contributed by atoms with E-state index in [1.807, 2.05) is 62.3 Å². The van der Waals surface area contributed by atoms with Gasteiger partial charge in [-0.05, 0) is 6.42 Å². The van der Waals surface area contributed by atoms with Crippen molar-refractivity contribution in [1.29, 1.82) is 0 Å². The molecular formula is C16H32O2.